The quantitative estimate of drug-likeness (QED) is 0.619. The maximum absolute atomic E-state index is 12.8. The number of ether oxygens (including phenoxy) is 2. The van der Waals surface area contributed by atoms with Crippen LogP contribution in [0.5, 0.6) is 5.75 Å². The highest BCUT2D eigenvalue weighted by molar-refractivity contribution is 5.95. The van der Waals surface area contributed by atoms with Crippen molar-refractivity contribution in [2.24, 2.45) is 5.92 Å². The highest BCUT2D eigenvalue weighted by Gasteiger charge is 2.27. The van der Waals surface area contributed by atoms with Crippen LogP contribution in [0.15, 0.2) is 24.3 Å². The molecule has 3 amide bonds. The van der Waals surface area contributed by atoms with E-state index in [2.05, 4.69) is 10.6 Å². The molecule has 0 bridgehead atoms. The maximum Gasteiger partial charge on any atom is 0.243 e. The van der Waals surface area contributed by atoms with E-state index in [0.29, 0.717) is 24.6 Å². The van der Waals surface area contributed by atoms with Gasteiger partial charge in [-0.05, 0) is 37.1 Å². The number of carbonyl (C=O) groups excluding carboxylic acids is 3. The van der Waals surface area contributed by atoms with Crippen molar-refractivity contribution in [1.82, 2.24) is 10.2 Å². The molecule has 2 rings (SSSR count). The lowest BCUT2D eigenvalue weighted by atomic mass is 9.88. The summed E-state index contributed by atoms with van der Waals surface area (Å²) in [6.07, 6.45) is 4.99. The van der Waals surface area contributed by atoms with Crippen LogP contribution >= 0.6 is 0 Å². The summed E-state index contributed by atoms with van der Waals surface area (Å²) in [7, 11) is 3.13. The van der Waals surface area contributed by atoms with Crippen LogP contribution in [0.2, 0.25) is 0 Å². The minimum Gasteiger partial charge on any atom is -0.497 e. The van der Waals surface area contributed by atoms with Gasteiger partial charge in [0.1, 0.15) is 5.75 Å². The molecule has 8 nitrogen and oxygen atoms in total. The van der Waals surface area contributed by atoms with Crippen LogP contribution in [0.4, 0.5) is 5.69 Å². The summed E-state index contributed by atoms with van der Waals surface area (Å²) in [6.45, 7) is 0.482. The first kappa shape index (κ1) is 22.7. The fourth-order valence-corrected chi connectivity index (χ4v) is 3.36. The second kappa shape index (κ2) is 12.1. The zero-order chi connectivity index (χ0) is 21.1. The van der Waals surface area contributed by atoms with E-state index in [4.69, 9.17) is 9.47 Å². The molecule has 1 aliphatic carbocycles. The highest BCUT2D eigenvalue weighted by Crippen LogP contribution is 2.25. The van der Waals surface area contributed by atoms with E-state index in [1.54, 1.807) is 38.5 Å². The Bertz CT molecular complexity index is 671. The molecule has 0 aliphatic heterocycles. The van der Waals surface area contributed by atoms with E-state index in [1.807, 2.05) is 0 Å². The predicted molar refractivity (Wildman–Crippen MR) is 110 cm³/mol. The first-order valence-electron chi connectivity index (χ1n) is 10.0. The second-order valence-electron chi connectivity index (χ2n) is 7.14. The molecule has 2 N–H and O–H groups in total. The van der Waals surface area contributed by atoms with E-state index >= 15 is 0 Å². The average Bonchev–Trinajstić information content (AvgIpc) is 2.76. The summed E-state index contributed by atoms with van der Waals surface area (Å²) in [5, 5.41) is 5.28. The fourth-order valence-electron chi connectivity index (χ4n) is 3.36. The standard InChI is InChI=1S/C21H31N3O5/c1-28-13-12-24(21(27)16-6-4-3-5-7-16)15-20(26)22-14-19(25)23-17-8-10-18(29-2)11-9-17/h8-11,16H,3-7,12-15H2,1-2H3,(H,22,26)(H,23,25). The molecule has 8 heteroatoms. The number of hydrogen-bond donors (Lipinski definition) is 2. The molecule has 0 atom stereocenters. The molecule has 1 aromatic rings. The number of benzene rings is 1. The Kier molecular flexibility index (Phi) is 9.43. The Morgan fingerprint density at radius 1 is 1.03 bits per heavy atom. The van der Waals surface area contributed by atoms with Gasteiger partial charge in [0.15, 0.2) is 0 Å². The molecule has 0 aromatic heterocycles. The Labute approximate surface area is 171 Å². The van der Waals surface area contributed by atoms with Crippen molar-refractivity contribution < 1.29 is 23.9 Å². The number of methoxy groups -OCH3 is 2. The van der Waals surface area contributed by atoms with Gasteiger partial charge in [-0.15, -0.1) is 0 Å². The molecular formula is C21H31N3O5. The molecule has 1 aromatic carbocycles. The molecule has 0 unspecified atom stereocenters. The lowest BCUT2D eigenvalue weighted by Gasteiger charge is -2.28. The van der Waals surface area contributed by atoms with Crippen LogP contribution in [0.1, 0.15) is 32.1 Å². The van der Waals surface area contributed by atoms with Gasteiger partial charge in [-0.2, -0.15) is 0 Å². The molecule has 1 aliphatic rings. The van der Waals surface area contributed by atoms with Gasteiger partial charge in [0.05, 0.1) is 26.8 Å². The van der Waals surface area contributed by atoms with E-state index in [9.17, 15) is 14.4 Å². The maximum atomic E-state index is 12.8. The number of hydrogen-bond acceptors (Lipinski definition) is 5. The minimum atomic E-state index is -0.366. The van der Waals surface area contributed by atoms with Crippen LogP contribution in [0.3, 0.4) is 0 Å². The van der Waals surface area contributed by atoms with E-state index < -0.39 is 0 Å². The van der Waals surface area contributed by atoms with Crippen molar-refractivity contribution in [3.05, 3.63) is 24.3 Å². The molecule has 1 saturated carbocycles. The van der Waals surface area contributed by atoms with Crippen molar-refractivity contribution in [2.75, 3.05) is 45.8 Å². The molecular weight excluding hydrogens is 374 g/mol. The number of anilines is 1. The fraction of sp³-hybridized carbons (Fsp3) is 0.571. The molecule has 1 fully saturated rings. The van der Waals surface area contributed by atoms with Crippen LogP contribution in [0, 0.1) is 5.92 Å². The molecule has 0 spiro atoms. The van der Waals surface area contributed by atoms with Gasteiger partial charge in [-0.1, -0.05) is 19.3 Å². The summed E-state index contributed by atoms with van der Waals surface area (Å²) >= 11 is 0. The zero-order valence-corrected chi connectivity index (χ0v) is 17.2. The molecule has 160 valence electrons. The number of amides is 3. The van der Waals surface area contributed by atoms with Gasteiger partial charge >= 0.3 is 0 Å². The molecule has 0 saturated heterocycles. The largest absolute Gasteiger partial charge is 0.497 e. The Balaban J connectivity index is 1.81. The van der Waals surface area contributed by atoms with Crippen molar-refractivity contribution in [2.45, 2.75) is 32.1 Å². The normalized spacial score (nSPS) is 14.1. The Morgan fingerprint density at radius 3 is 2.34 bits per heavy atom. The van der Waals surface area contributed by atoms with Gasteiger partial charge in [0.2, 0.25) is 17.7 Å². The third-order valence-electron chi connectivity index (χ3n) is 4.99. The van der Waals surface area contributed by atoms with E-state index in [1.165, 1.54) is 4.90 Å². The third kappa shape index (κ3) is 7.73. The molecule has 0 radical (unpaired) electrons. The van der Waals surface area contributed by atoms with E-state index in [0.717, 1.165) is 32.1 Å². The van der Waals surface area contributed by atoms with Gasteiger partial charge in [-0.25, -0.2) is 0 Å². The average molecular weight is 405 g/mol. The van der Waals surface area contributed by atoms with Crippen molar-refractivity contribution in [3.8, 4) is 5.75 Å². The van der Waals surface area contributed by atoms with E-state index in [-0.39, 0.29) is 36.7 Å². The zero-order valence-electron chi connectivity index (χ0n) is 17.2. The monoisotopic (exact) mass is 405 g/mol. The molecule has 0 heterocycles. The van der Waals surface area contributed by atoms with Crippen LogP contribution < -0.4 is 15.4 Å². The summed E-state index contributed by atoms with van der Waals surface area (Å²) in [6, 6.07) is 6.90. The number of nitrogens with one attached hydrogen (secondary N) is 2. The van der Waals surface area contributed by atoms with Gasteiger partial charge < -0.3 is 25.0 Å². The van der Waals surface area contributed by atoms with Crippen LogP contribution in [-0.4, -0.2) is 63.1 Å². The summed E-state index contributed by atoms with van der Waals surface area (Å²) < 4.78 is 10.1. The highest BCUT2D eigenvalue weighted by atomic mass is 16.5. The summed E-state index contributed by atoms with van der Waals surface area (Å²) in [5.41, 5.74) is 0.610. The molecule has 29 heavy (non-hydrogen) atoms. The van der Waals surface area contributed by atoms with Crippen molar-refractivity contribution >= 4 is 23.4 Å². The first-order valence-corrected chi connectivity index (χ1v) is 10.0. The smallest absolute Gasteiger partial charge is 0.243 e. The predicted octanol–water partition coefficient (Wildman–Crippen LogP) is 1.81. The number of carbonyl (C=O) groups is 3. The number of rotatable bonds is 10. The second-order valence-corrected chi connectivity index (χ2v) is 7.14. The SMILES string of the molecule is COCCN(CC(=O)NCC(=O)Nc1ccc(OC)cc1)C(=O)C1CCCCC1. The van der Waals surface area contributed by atoms with Gasteiger partial charge in [-0.3, -0.25) is 14.4 Å². The number of nitrogens with zero attached hydrogens (tertiary/aromatic N) is 1. The van der Waals surface area contributed by atoms with Crippen LogP contribution in [0.25, 0.3) is 0 Å². The summed E-state index contributed by atoms with van der Waals surface area (Å²) in [5.74, 6) is -0.0397. The first-order chi connectivity index (χ1) is 14.0. The topological polar surface area (TPSA) is 97.0 Å². The van der Waals surface area contributed by atoms with Crippen LogP contribution in [-0.2, 0) is 19.1 Å². The van der Waals surface area contributed by atoms with Crippen molar-refractivity contribution in [1.29, 1.82) is 0 Å². The third-order valence-corrected chi connectivity index (χ3v) is 4.99. The Morgan fingerprint density at radius 2 is 1.72 bits per heavy atom. The Hall–Kier alpha value is -2.61. The minimum absolute atomic E-state index is 0.000385. The lowest BCUT2D eigenvalue weighted by Crippen LogP contribution is -2.46. The summed E-state index contributed by atoms with van der Waals surface area (Å²) in [4.78, 5) is 38.7. The van der Waals surface area contributed by atoms with Gasteiger partial charge in [0, 0.05) is 25.3 Å². The lowest BCUT2D eigenvalue weighted by molar-refractivity contribution is -0.141. The van der Waals surface area contributed by atoms with Gasteiger partial charge in [0.25, 0.3) is 0 Å². The van der Waals surface area contributed by atoms with Crippen molar-refractivity contribution in [3.63, 3.8) is 0 Å².